The molecular weight excluding hydrogens is 452 g/mol. The van der Waals surface area contributed by atoms with Crippen molar-refractivity contribution in [3.05, 3.63) is 81.5 Å². The smallest absolute Gasteiger partial charge is 0.332 e. The number of carbonyl (C=O) groups is 1. The van der Waals surface area contributed by atoms with Crippen molar-refractivity contribution in [3.8, 4) is 5.69 Å². The molecule has 0 aliphatic carbocycles. The van der Waals surface area contributed by atoms with Crippen LogP contribution in [0.4, 0.5) is 5.69 Å². The summed E-state index contributed by atoms with van der Waals surface area (Å²) < 4.78 is 8.52. The molecular formula is C26H31ClN4O3. The Balaban J connectivity index is 1.51. The van der Waals surface area contributed by atoms with E-state index in [1.807, 2.05) is 57.4 Å². The number of esters is 1. The molecule has 180 valence electrons. The van der Waals surface area contributed by atoms with Gasteiger partial charge in [-0.25, -0.2) is 9.59 Å². The van der Waals surface area contributed by atoms with Gasteiger partial charge in [-0.05, 0) is 56.2 Å². The van der Waals surface area contributed by atoms with Crippen molar-refractivity contribution in [1.29, 1.82) is 0 Å². The van der Waals surface area contributed by atoms with E-state index < -0.39 is 6.04 Å². The number of ether oxygens (including phenoxy) is 1. The van der Waals surface area contributed by atoms with Crippen molar-refractivity contribution in [2.45, 2.75) is 32.9 Å². The van der Waals surface area contributed by atoms with Crippen molar-refractivity contribution >= 4 is 23.3 Å². The zero-order chi connectivity index (χ0) is 24.4. The number of hydrogen-bond donors (Lipinski definition) is 0. The SMILES string of the molecule is COC(=O)C(c1ccccc1Cl)N1CCN(c2ccc(-n3ccn(C(C)C)c3=O)c(C)c2)CC1. The highest BCUT2D eigenvalue weighted by atomic mass is 35.5. The summed E-state index contributed by atoms with van der Waals surface area (Å²) in [6.45, 7) is 8.94. The zero-order valence-corrected chi connectivity index (χ0v) is 20.8. The third-order valence-corrected chi connectivity index (χ3v) is 6.81. The van der Waals surface area contributed by atoms with Crippen LogP contribution in [0.15, 0.2) is 59.7 Å². The maximum atomic E-state index is 12.7. The molecule has 7 nitrogen and oxygen atoms in total. The quantitative estimate of drug-likeness (QED) is 0.492. The molecule has 0 bridgehead atoms. The molecule has 1 aliphatic heterocycles. The van der Waals surface area contributed by atoms with Crippen LogP contribution in [0.1, 0.15) is 37.1 Å². The fourth-order valence-corrected chi connectivity index (χ4v) is 4.83. The number of piperazine rings is 1. The lowest BCUT2D eigenvalue weighted by atomic mass is 10.0. The molecule has 1 aliphatic rings. The summed E-state index contributed by atoms with van der Waals surface area (Å²) in [6, 6.07) is 13.2. The fourth-order valence-electron chi connectivity index (χ4n) is 4.59. The van der Waals surface area contributed by atoms with Crippen molar-refractivity contribution in [1.82, 2.24) is 14.0 Å². The minimum absolute atomic E-state index is 0.0344. The first-order valence-corrected chi connectivity index (χ1v) is 11.9. The van der Waals surface area contributed by atoms with Gasteiger partial charge in [0.15, 0.2) is 0 Å². The van der Waals surface area contributed by atoms with E-state index in [1.165, 1.54) is 7.11 Å². The predicted molar refractivity (Wildman–Crippen MR) is 135 cm³/mol. The van der Waals surface area contributed by atoms with E-state index in [0.717, 1.165) is 35.6 Å². The van der Waals surface area contributed by atoms with Crippen LogP contribution >= 0.6 is 11.6 Å². The average Bonchev–Trinajstić information content (AvgIpc) is 3.22. The molecule has 1 saturated heterocycles. The van der Waals surface area contributed by atoms with Gasteiger partial charge in [-0.3, -0.25) is 14.0 Å². The Hall–Kier alpha value is -3.03. The summed E-state index contributed by atoms with van der Waals surface area (Å²) in [5, 5.41) is 0.563. The number of halogens is 1. The first kappa shape index (κ1) is 24.1. The van der Waals surface area contributed by atoms with Gasteiger partial charge in [0.1, 0.15) is 6.04 Å². The Morgan fingerprint density at radius 3 is 2.32 bits per heavy atom. The van der Waals surface area contributed by atoms with Crippen LogP contribution in [0.2, 0.25) is 5.02 Å². The zero-order valence-electron chi connectivity index (χ0n) is 20.1. The minimum atomic E-state index is -0.526. The van der Waals surface area contributed by atoms with Gasteiger partial charge in [-0.2, -0.15) is 0 Å². The number of imidazole rings is 1. The average molecular weight is 483 g/mol. The number of nitrogens with zero attached hydrogens (tertiary/aromatic N) is 4. The van der Waals surface area contributed by atoms with Gasteiger partial charge >= 0.3 is 11.7 Å². The van der Waals surface area contributed by atoms with Crippen molar-refractivity contribution < 1.29 is 9.53 Å². The number of rotatable bonds is 6. The number of benzene rings is 2. The summed E-state index contributed by atoms with van der Waals surface area (Å²) in [5.41, 5.74) is 3.75. The Morgan fingerprint density at radius 1 is 1.03 bits per heavy atom. The monoisotopic (exact) mass is 482 g/mol. The molecule has 0 radical (unpaired) electrons. The number of carbonyl (C=O) groups excluding carboxylic acids is 1. The second-order valence-corrected chi connectivity index (χ2v) is 9.30. The van der Waals surface area contributed by atoms with Crippen molar-refractivity contribution in [2.75, 3.05) is 38.2 Å². The lowest BCUT2D eigenvalue weighted by Gasteiger charge is -2.39. The van der Waals surface area contributed by atoms with E-state index in [-0.39, 0.29) is 17.7 Å². The highest BCUT2D eigenvalue weighted by Crippen LogP contribution is 2.30. The number of aromatic nitrogens is 2. The van der Waals surface area contributed by atoms with Gasteiger partial charge in [0.05, 0.1) is 12.8 Å². The first-order chi connectivity index (χ1) is 16.3. The summed E-state index contributed by atoms with van der Waals surface area (Å²) >= 11 is 6.41. The summed E-state index contributed by atoms with van der Waals surface area (Å²) in [6.07, 6.45) is 3.65. The Bertz CT molecular complexity index is 1220. The van der Waals surface area contributed by atoms with Crippen LogP contribution in [0.25, 0.3) is 5.69 Å². The Morgan fingerprint density at radius 2 is 1.74 bits per heavy atom. The molecule has 2 aromatic carbocycles. The highest BCUT2D eigenvalue weighted by molar-refractivity contribution is 6.31. The molecule has 1 fully saturated rings. The molecule has 1 atom stereocenters. The molecule has 0 saturated carbocycles. The molecule has 8 heteroatoms. The molecule has 0 N–H and O–H groups in total. The lowest BCUT2D eigenvalue weighted by molar-refractivity contribution is -0.147. The number of anilines is 1. The molecule has 0 amide bonds. The molecule has 3 aromatic rings. The van der Waals surface area contributed by atoms with Crippen LogP contribution < -0.4 is 10.6 Å². The lowest BCUT2D eigenvalue weighted by Crippen LogP contribution is -2.49. The van der Waals surface area contributed by atoms with Crippen LogP contribution in [-0.4, -0.2) is 53.3 Å². The van der Waals surface area contributed by atoms with Crippen LogP contribution in [-0.2, 0) is 9.53 Å². The third-order valence-electron chi connectivity index (χ3n) is 6.47. The van der Waals surface area contributed by atoms with Gasteiger partial charge in [-0.15, -0.1) is 0 Å². The second kappa shape index (κ2) is 10.1. The third kappa shape index (κ3) is 4.63. The van der Waals surface area contributed by atoms with E-state index in [2.05, 4.69) is 21.9 Å². The van der Waals surface area contributed by atoms with Crippen LogP contribution in [0, 0.1) is 6.92 Å². The number of aryl methyl sites for hydroxylation is 1. The molecule has 1 unspecified atom stereocenters. The second-order valence-electron chi connectivity index (χ2n) is 8.89. The maximum absolute atomic E-state index is 12.7. The van der Waals surface area contributed by atoms with E-state index in [0.29, 0.717) is 18.1 Å². The Labute approximate surface area is 205 Å². The van der Waals surface area contributed by atoms with Crippen molar-refractivity contribution in [3.63, 3.8) is 0 Å². The molecule has 34 heavy (non-hydrogen) atoms. The number of hydrogen-bond acceptors (Lipinski definition) is 5. The first-order valence-electron chi connectivity index (χ1n) is 11.5. The fraction of sp³-hybridized carbons (Fsp3) is 0.385. The topological polar surface area (TPSA) is 59.7 Å². The number of methoxy groups -OCH3 is 1. The van der Waals surface area contributed by atoms with E-state index >= 15 is 0 Å². The summed E-state index contributed by atoms with van der Waals surface area (Å²) in [7, 11) is 1.41. The molecule has 0 spiro atoms. The molecule has 2 heterocycles. The van der Waals surface area contributed by atoms with Crippen LogP contribution in [0.5, 0.6) is 0 Å². The molecule has 1 aromatic heterocycles. The van der Waals surface area contributed by atoms with Gasteiger partial charge in [0.2, 0.25) is 0 Å². The summed E-state index contributed by atoms with van der Waals surface area (Å²) in [5.74, 6) is -0.305. The predicted octanol–water partition coefficient (Wildman–Crippen LogP) is 4.22. The van der Waals surface area contributed by atoms with E-state index in [9.17, 15) is 9.59 Å². The van der Waals surface area contributed by atoms with Gasteiger partial charge in [0, 0.05) is 55.3 Å². The van der Waals surface area contributed by atoms with Gasteiger partial charge < -0.3 is 9.64 Å². The largest absolute Gasteiger partial charge is 0.468 e. The van der Waals surface area contributed by atoms with Gasteiger partial charge in [-0.1, -0.05) is 29.8 Å². The van der Waals surface area contributed by atoms with Crippen LogP contribution in [0.3, 0.4) is 0 Å². The van der Waals surface area contributed by atoms with E-state index in [4.69, 9.17) is 16.3 Å². The van der Waals surface area contributed by atoms with Gasteiger partial charge in [0.25, 0.3) is 0 Å². The Kier molecular flexibility index (Phi) is 7.14. The van der Waals surface area contributed by atoms with Crippen molar-refractivity contribution in [2.24, 2.45) is 0 Å². The molecule has 4 rings (SSSR count). The van der Waals surface area contributed by atoms with E-state index in [1.54, 1.807) is 15.2 Å². The maximum Gasteiger partial charge on any atom is 0.332 e. The standard InChI is InChI=1S/C26H31ClN4O3/c1-18(2)30-15-16-31(26(30)33)23-10-9-20(17-19(23)3)28-11-13-29(14-12-28)24(25(32)34-4)21-7-5-6-8-22(21)27/h5-10,15-18,24H,11-14H2,1-4H3. The normalized spacial score (nSPS) is 15.5. The summed E-state index contributed by atoms with van der Waals surface area (Å²) in [4.78, 5) is 29.8. The minimum Gasteiger partial charge on any atom is -0.468 e. The highest BCUT2D eigenvalue weighted by Gasteiger charge is 2.32.